The molecule has 0 saturated carbocycles. The van der Waals surface area contributed by atoms with Crippen LogP contribution in [-0.4, -0.2) is 15.0 Å². The Balaban J connectivity index is 2.27. The number of aromatic nitrogens is 3. The van der Waals surface area contributed by atoms with Crippen molar-refractivity contribution in [1.29, 1.82) is 0 Å². The Morgan fingerprint density at radius 3 is 2.61 bits per heavy atom. The summed E-state index contributed by atoms with van der Waals surface area (Å²) in [6.07, 6.45) is 0. The SMILES string of the molecule is Cc1ccc(Nc2nc(N)nc(CCl)n2)cc1C. The van der Waals surface area contributed by atoms with E-state index in [-0.39, 0.29) is 11.8 Å². The first kappa shape index (κ1) is 12.6. The van der Waals surface area contributed by atoms with Crippen LogP contribution in [0.15, 0.2) is 18.2 Å². The molecule has 0 bridgehead atoms. The molecule has 0 spiro atoms. The van der Waals surface area contributed by atoms with E-state index in [9.17, 15) is 0 Å². The van der Waals surface area contributed by atoms with Gasteiger partial charge in [-0.1, -0.05) is 6.07 Å². The smallest absolute Gasteiger partial charge is 0.232 e. The number of nitrogens with one attached hydrogen (secondary N) is 1. The maximum Gasteiger partial charge on any atom is 0.232 e. The van der Waals surface area contributed by atoms with Gasteiger partial charge >= 0.3 is 0 Å². The van der Waals surface area contributed by atoms with Crippen LogP contribution in [0.25, 0.3) is 0 Å². The van der Waals surface area contributed by atoms with E-state index in [1.54, 1.807) is 0 Å². The van der Waals surface area contributed by atoms with Crippen LogP contribution < -0.4 is 11.1 Å². The van der Waals surface area contributed by atoms with Gasteiger partial charge in [0.15, 0.2) is 5.82 Å². The van der Waals surface area contributed by atoms with Crippen LogP contribution in [-0.2, 0) is 5.88 Å². The fourth-order valence-corrected chi connectivity index (χ4v) is 1.62. The van der Waals surface area contributed by atoms with Gasteiger partial charge in [0.05, 0.1) is 5.88 Å². The Morgan fingerprint density at radius 1 is 1.17 bits per heavy atom. The minimum absolute atomic E-state index is 0.159. The number of alkyl halides is 1. The third kappa shape index (κ3) is 2.87. The van der Waals surface area contributed by atoms with E-state index < -0.39 is 0 Å². The summed E-state index contributed by atoms with van der Waals surface area (Å²) in [5.41, 5.74) is 8.92. The van der Waals surface area contributed by atoms with Crippen molar-refractivity contribution in [2.45, 2.75) is 19.7 Å². The summed E-state index contributed by atoms with van der Waals surface area (Å²) >= 11 is 5.68. The Kier molecular flexibility index (Phi) is 3.62. The molecular formula is C12H14ClN5. The van der Waals surface area contributed by atoms with Gasteiger partial charge in [0.1, 0.15) is 0 Å². The zero-order valence-corrected chi connectivity index (χ0v) is 11.0. The van der Waals surface area contributed by atoms with Gasteiger partial charge in [-0.25, -0.2) is 0 Å². The van der Waals surface area contributed by atoms with E-state index in [0.29, 0.717) is 11.8 Å². The second-order valence-electron chi connectivity index (χ2n) is 3.99. The van der Waals surface area contributed by atoms with Crippen molar-refractivity contribution in [1.82, 2.24) is 15.0 Å². The third-order valence-electron chi connectivity index (χ3n) is 2.58. The maximum atomic E-state index is 5.68. The molecule has 18 heavy (non-hydrogen) atoms. The van der Waals surface area contributed by atoms with Crippen molar-refractivity contribution < 1.29 is 0 Å². The zero-order chi connectivity index (χ0) is 13.1. The molecule has 0 atom stereocenters. The van der Waals surface area contributed by atoms with Crippen molar-refractivity contribution in [3.8, 4) is 0 Å². The molecule has 0 saturated heterocycles. The van der Waals surface area contributed by atoms with E-state index in [1.807, 2.05) is 25.1 Å². The average Bonchev–Trinajstić information content (AvgIpc) is 2.33. The van der Waals surface area contributed by atoms with Crippen molar-refractivity contribution in [3.63, 3.8) is 0 Å². The van der Waals surface area contributed by atoms with Crippen LogP contribution in [0.1, 0.15) is 17.0 Å². The van der Waals surface area contributed by atoms with Gasteiger partial charge in [-0.3, -0.25) is 0 Å². The zero-order valence-electron chi connectivity index (χ0n) is 10.2. The highest BCUT2D eigenvalue weighted by Crippen LogP contribution is 2.17. The molecule has 0 fully saturated rings. The van der Waals surface area contributed by atoms with Gasteiger partial charge in [-0.05, 0) is 37.1 Å². The highest BCUT2D eigenvalue weighted by molar-refractivity contribution is 6.16. The van der Waals surface area contributed by atoms with Crippen LogP contribution in [0, 0.1) is 13.8 Å². The molecule has 5 nitrogen and oxygen atoms in total. The molecule has 3 N–H and O–H groups in total. The van der Waals surface area contributed by atoms with E-state index in [2.05, 4.69) is 27.2 Å². The van der Waals surface area contributed by atoms with Gasteiger partial charge in [0.2, 0.25) is 11.9 Å². The highest BCUT2D eigenvalue weighted by Gasteiger charge is 2.04. The van der Waals surface area contributed by atoms with Gasteiger partial charge < -0.3 is 11.1 Å². The molecule has 1 heterocycles. The summed E-state index contributed by atoms with van der Waals surface area (Å²) in [7, 11) is 0. The maximum absolute atomic E-state index is 5.68. The lowest BCUT2D eigenvalue weighted by atomic mass is 10.1. The average molecular weight is 264 g/mol. The second-order valence-corrected chi connectivity index (χ2v) is 4.26. The van der Waals surface area contributed by atoms with E-state index in [4.69, 9.17) is 17.3 Å². The predicted octanol–water partition coefficient (Wildman–Crippen LogP) is 2.55. The summed E-state index contributed by atoms with van der Waals surface area (Å²) in [5, 5.41) is 3.09. The summed E-state index contributed by atoms with van der Waals surface area (Å²) in [6, 6.07) is 6.02. The number of hydrogen-bond acceptors (Lipinski definition) is 5. The Labute approximate surface area is 110 Å². The van der Waals surface area contributed by atoms with Crippen LogP contribution in [0.2, 0.25) is 0 Å². The molecule has 0 aliphatic rings. The predicted molar refractivity (Wildman–Crippen MR) is 73.0 cm³/mol. The van der Waals surface area contributed by atoms with Crippen LogP contribution in [0.5, 0.6) is 0 Å². The lowest BCUT2D eigenvalue weighted by Gasteiger charge is -2.08. The molecule has 0 unspecified atom stereocenters. The van der Waals surface area contributed by atoms with E-state index in [1.165, 1.54) is 11.1 Å². The van der Waals surface area contributed by atoms with Gasteiger partial charge in [0, 0.05) is 5.69 Å². The highest BCUT2D eigenvalue weighted by atomic mass is 35.5. The van der Waals surface area contributed by atoms with Crippen molar-refractivity contribution in [3.05, 3.63) is 35.2 Å². The summed E-state index contributed by atoms with van der Waals surface area (Å²) < 4.78 is 0. The van der Waals surface area contributed by atoms with E-state index in [0.717, 1.165) is 5.69 Å². The third-order valence-corrected chi connectivity index (χ3v) is 2.82. The quantitative estimate of drug-likeness (QED) is 0.833. The first-order valence-corrected chi connectivity index (χ1v) is 6.02. The minimum atomic E-state index is 0.159. The Hall–Kier alpha value is -1.88. The molecule has 94 valence electrons. The number of hydrogen-bond donors (Lipinski definition) is 2. The molecule has 0 amide bonds. The number of halogens is 1. The number of anilines is 3. The molecule has 0 aliphatic carbocycles. The lowest BCUT2D eigenvalue weighted by molar-refractivity contribution is 0.979. The molecule has 0 radical (unpaired) electrons. The summed E-state index contributed by atoms with van der Waals surface area (Å²) in [4.78, 5) is 12.1. The number of nitrogens with zero attached hydrogens (tertiary/aromatic N) is 3. The van der Waals surface area contributed by atoms with Crippen LogP contribution in [0.3, 0.4) is 0 Å². The number of aryl methyl sites for hydroxylation is 2. The van der Waals surface area contributed by atoms with Crippen LogP contribution >= 0.6 is 11.6 Å². The van der Waals surface area contributed by atoms with Gasteiger partial charge in [-0.15, -0.1) is 11.6 Å². The molecule has 1 aromatic carbocycles. The first-order chi connectivity index (χ1) is 8.58. The van der Waals surface area contributed by atoms with Crippen molar-refractivity contribution in [2.75, 3.05) is 11.1 Å². The summed E-state index contributed by atoms with van der Waals surface area (Å²) in [5.74, 6) is 1.22. The fourth-order valence-electron chi connectivity index (χ4n) is 1.50. The second kappa shape index (κ2) is 5.18. The van der Waals surface area contributed by atoms with Gasteiger partial charge in [0.25, 0.3) is 0 Å². The standard InChI is InChI=1S/C12H14ClN5/c1-7-3-4-9(5-8(7)2)15-12-17-10(6-13)16-11(14)18-12/h3-5H,6H2,1-2H3,(H3,14,15,16,17,18). The van der Waals surface area contributed by atoms with Gasteiger partial charge in [-0.2, -0.15) is 15.0 Å². The Bertz CT molecular complexity index is 570. The minimum Gasteiger partial charge on any atom is -0.368 e. The number of benzene rings is 1. The fraction of sp³-hybridized carbons (Fsp3) is 0.250. The number of rotatable bonds is 3. The molecule has 1 aromatic heterocycles. The molecule has 2 rings (SSSR count). The lowest BCUT2D eigenvalue weighted by Crippen LogP contribution is -2.06. The van der Waals surface area contributed by atoms with Crippen LogP contribution in [0.4, 0.5) is 17.6 Å². The molecule has 0 aliphatic heterocycles. The summed E-state index contributed by atoms with van der Waals surface area (Å²) in [6.45, 7) is 4.11. The van der Waals surface area contributed by atoms with E-state index >= 15 is 0 Å². The monoisotopic (exact) mass is 263 g/mol. The molecule has 2 aromatic rings. The topological polar surface area (TPSA) is 76.7 Å². The Morgan fingerprint density at radius 2 is 1.94 bits per heavy atom. The normalized spacial score (nSPS) is 10.4. The van der Waals surface area contributed by atoms with Crippen molar-refractivity contribution in [2.24, 2.45) is 0 Å². The van der Waals surface area contributed by atoms with Crippen molar-refractivity contribution >= 4 is 29.2 Å². The molecule has 6 heteroatoms. The molecular weight excluding hydrogens is 250 g/mol. The largest absolute Gasteiger partial charge is 0.368 e. The number of nitrogens with two attached hydrogens (primary N) is 1. The first-order valence-electron chi connectivity index (χ1n) is 5.49. The number of nitrogen functional groups attached to an aromatic ring is 1.